The summed E-state index contributed by atoms with van der Waals surface area (Å²) in [5.41, 5.74) is 25.1. The molecule has 0 unspecified atom stereocenters. The number of hydrogen-bond donors (Lipinski definition) is 5. The van der Waals surface area contributed by atoms with E-state index in [1.807, 2.05) is 30.5 Å². The molecule has 0 fully saturated rings. The second kappa shape index (κ2) is 15.3. The average molecular weight is 604 g/mol. The van der Waals surface area contributed by atoms with Crippen LogP contribution in [0.15, 0.2) is 53.7 Å². The number of rotatable bonds is 15. The van der Waals surface area contributed by atoms with Gasteiger partial charge in [0.1, 0.15) is 0 Å². The van der Waals surface area contributed by atoms with E-state index in [4.69, 9.17) is 46.1 Å². The van der Waals surface area contributed by atoms with Crippen molar-refractivity contribution in [2.75, 3.05) is 32.7 Å². The molecular formula is C28H36Cl2N8O3. The number of aliphatic imine (C=N–C) groups is 1. The highest BCUT2D eigenvalue weighted by Crippen LogP contribution is 2.22. The van der Waals surface area contributed by atoms with Crippen molar-refractivity contribution in [1.82, 2.24) is 14.8 Å². The molecule has 220 valence electrons. The van der Waals surface area contributed by atoms with E-state index in [2.05, 4.69) is 9.98 Å². The molecule has 1 atom stereocenters. The lowest BCUT2D eigenvalue weighted by Gasteiger charge is -2.29. The van der Waals surface area contributed by atoms with Crippen molar-refractivity contribution in [3.63, 3.8) is 0 Å². The van der Waals surface area contributed by atoms with Gasteiger partial charge < -0.3 is 37.7 Å². The molecule has 11 nitrogen and oxygen atoms in total. The van der Waals surface area contributed by atoms with Gasteiger partial charge in [-0.1, -0.05) is 47.5 Å². The largest absolute Gasteiger partial charge is 0.370 e. The van der Waals surface area contributed by atoms with Crippen molar-refractivity contribution in [2.24, 2.45) is 27.9 Å². The highest BCUT2D eigenvalue weighted by Gasteiger charge is 2.26. The van der Waals surface area contributed by atoms with Crippen molar-refractivity contribution < 1.29 is 14.4 Å². The zero-order chi connectivity index (χ0) is 29.9. The van der Waals surface area contributed by atoms with E-state index < -0.39 is 23.8 Å². The first-order valence-electron chi connectivity index (χ1n) is 13.2. The van der Waals surface area contributed by atoms with Crippen molar-refractivity contribution in [2.45, 2.75) is 31.7 Å². The molecule has 13 heteroatoms. The average Bonchev–Trinajstić information content (AvgIpc) is 3.34. The van der Waals surface area contributed by atoms with Gasteiger partial charge in [-0.05, 0) is 55.0 Å². The number of H-pyrrole nitrogens is 1. The molecule has 0 saturated heterocycles. The zero-order valence-corrected chi connectivity index (χ0v) is 24.2. The molecule has 3 rings (SSSR count). The molecule has 2 aromatic carbocycles. The second-order valence-corrected chi connectivity index (χ2v) is 10.5. The molecule has 0 aliphatic rings. The summed E-state index contributed by atoms with van der Waals surface area (Å²) in [6.07, 6.45) is 3.52. The van der Waals surface area contributed by atoms with Gasteiger partial charge in [-0.2, -0.15) is 0 Å². The van der Waals surface area contributed by atoms with Crippen LogP contribution in [0, 0.1) is 0 Å². The number of nitrogens with zero attached hydrogens (tertiary/aromatic N) is 3. The van der Waals surface area contributed by atoms with Crippen molar-refractivity contribution in [1.29, 1.82) is 0 Å². The van der Waals surface area contributed by atoms with Crippen LogP contribution in [-0.2, 0) is 27.2 Å². The van der Waals surface area contributed by atoms with Gasteiger partial charge in [-0.25, -0.2) is 0 Å². The van der Waals surface area contributed by atoms with Gasteiger partial charge in [0, 0.05) is 46.8 Å². The lowest BCUT2D eigenvalue weighted by molar-refractivity contribution is -0.142. The summed E-state index contributed by atoms with van der Waals surface area (Å²) in [5.74, 6) is -1.53. The number of amides is 3. The predicted octanol–water partition coefficient (Wildman–Crippen LogP) is 1.78. The Labute approximate surface area is 248 Å². The first kappa shape index (κ1) is 31.7. The van der Waals surface area contributed by atoms with Crippen LogP contribution in [0.4, 0.5) is 0 Å². The molecule has 0 saturated carbocycles. The maximum absolute atomic E-state index is 13.5. The topological polar surface area (TPSA) is 190 Å². The first-order chi connectivity index (χ1) is 19.5. The van der Waals surface area contributed by atoms with Gasteiger partial charge >= 0.3 is 0 Å². The molecular weight excluding hydrogens is 567 g/mol. The van der Waals surface area contributed by atoms with E-state index in [0.29, 0.717) is 42.3 Å². The van der Waals surface area contributed by atoms with E-state index >= 15 is 0 Å². The maximum atomic E-state index is 13.5. The number of aromatic nitrogens is 1. The minimum absolute atomic E-state index is 0.0425. The molecule has 0 radical (unpaired) electrons. The quantitative estimate of drug-likeness (QED) is 0.1000. The Hall–Kier alpha value is -3.80. The Morgan fingerprint density at radius 2 is 1.63 bits per heavy atom. The molecule has 1 aromatic heterocycles. The fraction of sp³-hybridized carbons (Fsp3) is 0.357. The number of fused-ring (bicyclic) bond motifs is 1. The fourth-order valence-corrected chi connectivity index (χ4v) is 4.96. The third-order valence-electron chi connectivity index (χ3n) is 6.61. The third kappa shape index (κ3) is 9.66. The number of benzene rings is 2. The van der Waals surface area contributed by atoms with Crippen molar-refractivity contribution in [3.05, 3.63) is 69.8 Å². The molecule has 3 amide bonds. The molecule has 0 aliphatic carbocycles. The van der Waals surface area contributed by atoms with Gasteiger partial charge in [0.25, 0.3) is 0 Å². The van der Waals surface area contributed by atoms with Gasteiger partial charge in [-0.3, -0.25) is 19.4 Å². The Morgan fingerprint density at radius 3 is 2.34 bits per heavy atom. The lowest BCUT2D eigenvalue weighted by Crippen LogP contribution is -2.50. The van der Waals surface area contributed by atoms with E-state index in [9.17, 15) is 14.4 Å². The van der Waals surface area contributed by atoms with Crippen LogP contribution in [-0.4, -0.2) is 77.2 Å². The Balaban J connectivity index is 1.74. The Morgan fingerprint density at radius 1 is 0.927 bits per heavy atom. The maximum Gasteiger partial charge on any atom is 0.242 e. The van der Waals surface area contributed by atoms with E-state index in [0.717, 1.165) is 22.0 Å². The van der Waals surface area contributed by atoms with Crippen LogP contribution in [0.1, 0.15) is 24.0 Å². The van der Waals surface area contributed by atoms with E-state index in [1.54, 1.807) is 18.2 Å². The molecule has 1 heterocycles. The molecule has 41 heavy (non-hydrogen) atoms. The van der Waals surface area contributed by atoms with E-state index in [-0.39, 0.29) is 32.1 Å². The minimum atomic E-state index is -0.881. The molecule has 9 N–H and O–H groups in total. The highest BCUT2D eigenvalue weighted by atomic mass is 35.5. The summed E-state index contributed by atoms with van der Waals surface area (Å²) in [7, 11) is 0. The Kier molecular flexibility index (Phi) is 11.8. The third-order valence-corrected chi connectivity index (χ3v) is 7.20. The number of guanidine groups is 1. The number of nitrogens with two attached hydrogens (primary N) is 4. The van der Waals surface area contributed by atoms with Crippen LogP contribution in [0.5, 0.6) is 0 Å². The molecule has 0 aliphatic heterocycles. The number of aromatic amines is 1. The monoisotopic (exact) mass is 602 g/mol. The Bertz CT molecular complexity index is 1390. The van der Waals surface area contributed by atoms with Gasteiger partial charge in [0.05, 0.1) is 19.1 Å². The second-order valence-electron chi connectivity index (χ2n) is 9.69. The summed E-state index contributed by atoms with van der Waals surface area (Å²) >= 11 is 12.4. The number of para-hydroxylation sites is 1. The van der Waals surface area contributed by atoms with Gasteiger partial charge in [0.15, 0.2) is 5.96 Å². The SMILES string of the molecule is NC(=O)CN(CCc1c[nH]c2ccccc12)C(=O)CN(CCc1ccc(Cl)cc1Cl)C(=O)[C@@H](N)CCCN=C(N)N. The normalized spacial score (nSPS) is 11.7. The van der Waals surface area contributed by atoms with Crippen LogP contribution >= 0.6 is 23.2 Å². The van der Waals surface area contributed by atoms with Crippen LogP contribution in [0.3, 0.4) is 0 Å². The highest BCUT2D eigenvalue weighted by molar-refractivity contribution is 6.35. The van der Waals surface area contributed by atoms with Gasteiger partial charge in [0.2, 0.25) is 17.7 Å². The number of carbonyl (C=O) groups excluding carboxylic acids is 3. The summed E-state index contributed by atoms with van der Waals surface area (Å²) in [6, 6.07) is 12.0. The number of halogens is 2. The lowest BCUT2D eigenvalue weighted by atomic mass is 10.1. The van der Waals surface area contributed by atoms with Crippen molar-refractivity contribution >= 4 is 57.8 Å². The number of nitrogens with one attached hydrogen (secondary N) is 1. The summed E-state index contributed by atoms with van der Waals surface area (Å²) in [4.78, 5) is 48.6. The number of carbonyl (C=O) groups is 3. The summed E-state index contributed by atoms with van der Waals surface area (Å²) < 4.78 is 0. The van der Waals surface area contributed by atoms with Crippen LogP contribution in [0.25, 0.3) is 10.9 Å². The smallest absolute Gasteiger partial charge is 0.242 e. The van der Waals surface area contributed by atoms with E-state index in [1.165, 1.54) is 9.80 Å². The summed E-state index contributed by atoms with van der Waals surface area (Å²) in [6.45, 7) is 0.159. The molecule has 3 aromatic rings. The van der Waals surface area contributed by atoms with Gasteiger partial charge in [-0.15, -0.1) is 0 Å². The molecule has 0 bridgehead atoms. The predicted molar refractivity (Wildman–Crippen MR) is 162 cm³/mol. The zero-order valence-electron chi connectivity index (χ0n) is 22.7. The fourth-order valence-electron chi connectivity index (χ4n) is 4.46. The number of hydrogen-bond acceptors (Lipinski definition) is 5. The standard InChI is InChI=1S/C28H36Cl2N8O3/c29-20-8-7-18(22(30)14-20)9-13-38(27(41)23(31)5-3-11-35-28(33)34)17-26(40)37(16-25(32)39)12-10-19-15-36-24-6-2-1-4-21(19)24/h1-2,4,6-8,14-15,23,36H,3,5,9-13,16-17,31H2,(H2,32,39)(H4,33,34,35)/t23-/m0/s1. The van der Waals surface area contributed by atoms with Crippen LogP contribution in [0.2, 0.25) is 10.0 Å². The van der Waals surface area contributed by atoms with Crippen molar-refractivity contribution in [3.8, 4) is 0 Å². The van der Waals surface area contributed by atoms with Crippen LogP contribution < -0.4 is 22.9 Å². The first-order valence-corrected chi connectivity index (χ1v) is 14.0. The molecule has 0 spiro atoms. The minimum Gasteiger partial charge on any atom is -0.370 e. The summed E-state index contributed by atoms with van der Waals surface area (Å²) in [5, 5.41) is 1.97. The number of primary amides is 1.